The van der Waals surface area contributed by atoms with Crippen LogP contribution in [-0.2, 0) is 15.0 Å². The van der Waals surface area contributed by atoms with Gasteiger partial charge in [0.25, 0.3) is 0 Å². The molecule has 1 atom stereocenters. The van der Waals surface area contributed by atoms with Crippen molar-refractivity contribution in [2.24, 2.45) is 0 Å². The number of rotatable bonds is 3. The number of aromatic amines is 1. The Kier molecular flexibility index (Phi) is 5.02. The molecule has 2 aliphatic rings. The van der Waals surface area contributed by atoms with E-state index in [0.717, 1.165) is 35.2 Å². The first-order chi connectivity index (χ1) is 13.9. The van der Waals surface area contributed by atoms with Crippen LogP contribution in [0.5, 0.6) is 5.75 Å². The number of aliphatic hydroxyl groups is 1. The lowest BCUT2D eigenvalue weighted by Crippen LogP contribution is -2.55. The standard InChI is InChI=1S/C22H29N3O4/c1-4-19(28)24-9-7-22(8-10-24)13-25(14(2)27)18(12-26)21-20(22)16-6-5-15(29-3)11-17(16)23-21/h5-6,11,18,23,26H,4,7-10,12-13H2,1-3H3/t18-/m1/s1. The van der Waals surface area contributed by atoms with E-state index in [-0.39, 0.29) is 29.9 Å². The molecular weight excluding hydrogens is 370 g/mol. The summed E-state index contributed by atoms with van der Waals surface area (Å²) >= 11 is 0. The Labute approximate surface area is 170 Å². The van der Waals surface area contributed by atoms with Crippen LogP contribution in [0.1, 0.15) is 50.4 Å². The van der Waals surface area contributed by atoms with Gasteiger partial charge in [-0.1, -0.05) is 6.92 Å². The third-order valence-electron chi connectivity index (χ3n) is 6.70. The minimum Gasteiger partial charge on any atom is -0.497 e. The van der Waals surface area contributed by atoms with Crippen LogP contribution in [-0.4, -0.2) is 65.1 Å². The smallest absolute Gasteiger partial charge is 0.222 e. The first-order valence-electron chi connectivity index (χ1n) is 10.3. The molecule has 2 N–H and O–H groups in total. The summed E-state index contributed by atoms with van der Waals surface area (Å²) in [6, 6.07) is 5.59. The van der Waals surface area contributed by atoms with Crippen molar-refractivity contribution in [1.29, 1.82) is 0 Å². The summed E-state index contributed by atoms with van der Waals surface area (Å²) in [6.45, 7) is 5.25. The van der Waals surface area contributed by atoms with E-state index in [0.29, 0.717) is 26.1 Å². The topological polar surface area (TPSA) is 85.9 Å². The highest BCUT2D eigenvalue weighted by atomic mass is 16.5. The highest BCUT2D eigenvalue weighted by Crippen LogP contribution is 2.49. The summed E-state index contributed by atoms with van der Waals surface area (Å²) in [5.74, 6) is 0.895. The van der Waals surface area contributed by atoms with E-state index < -0.39 is 0 Å². The number of carbonyl (C=O) groups excluding carboxylic acids is 2. The molecule has 1 saturated heterocycles. The van der Waals surface area contributed by atoms with Crippen molar-refractivity contribution in [1.82, 2.24) is 14.8 Å². The number of fused-ring (bicyclic) bond motifs is 4. The van der Waals surface area contributed by atoms with Crippen LogP contribution in [0.15, 0.2) is 18.2 Å². The fraction of sp³-hybridized carbons (Fsp3) is 0.545. The Morgan fingerprint density at radius 1 is 1.31 bits per heavy atom. The van der Waals surface area contributed by atoms with Crippen molar-refractivity contribution in [3.05, 3.63) is 29.5 Å². The highest BCUT2D eigenvalue weighted by molar-refractivity contribution is 5.88. The summed E-state index contributed by atoms with van der Waals surface area (Å²) < 4.78 is 5.38. The second-order valence-electron chi connectivity index (χ2n) is 8.19. The van der Waals surface area contributed by atoms with Crippen LogP contribution in [0.25, 0.3) is 10.9 Å². The number of ether oxygens (including phenoxy) is 1. The number of H-pyrrole nitrogens is 1. The zero-order valence-corrected chi connectivity index (χ0v) is 17.3. The van der Waals surface area contributed by atoms with Crippen LogP contribution in [0.2, 0.25) is 0 Å². The average molecular weight is 399 g/mol. The number of hydrogen-bond acceptors (Lipinski definition) is 4. The fourth-order valence-corrected chi connectivity index (χ4v) is 5.15. The molecule has 1 spiro atoms. The van der Waals surface area contributed by atoms with Gasteiger partial charge in [-0.3, -0.25) is 9.59 Å². The van der Waals surface area contributed by atoms with E-state index >= 15 is 0 Å². The van der Waals surface area contributed by atoms with Crippen molar-refractivity contribution in [3.8, 4) is 5.75 Å². The third kappa shape index (κ3) is 3.08. The van der Waals surface area contributed by atoms with Crippen molar-refractivity contribution in [3.63, 3.8) is 0 Å². The molecule has 1 fully saturated rings. The van der Waals surface area contributed by atoms with Gasteiger partial charge >= 0.3 is 0 Å². The quantitative estimate of drug-likeness (QED) is 0.830. The third-order valence-corrected chi connectivity index (χ3v) is 6.70. The van der Waals surface area contributed by atoms with Crippen LogP contribution in [0.3, 0.4) is 0 Å². The Morgan fingerprint density at radius 2 is 2.03 bits per heavy atom. The average Bonchev–Trinajstić information content (AvgIpc) is 3.13. The number of amides is 2. The van der Waals surface area contributed by atoms with Crippen LogP contribution >= 0.6 is 0 Å². The summed E-state index contributed by atoms with van der Waals surface area (Å²) in [7, 11) is 1.64. The first-order valence-corrected chi connectivity index (χ1v) is 10.3. The molecule has 3 heterocycles. The molecule has 1 aromatic heterocycles. The van der Waals surface area contributed by atoms with Gasteiger partial charge in [0.1, 0.15) is 5.75 Å². The predicted octanol–water partition coefficient (Wildman–Crippen LogP) is 2.34. The molecule has 2 aromatic rings. The first kappa shape index (κ1) is 19.8. The van der Waals surface area contributed by atoms with E-state index in [4.69, 9.17) is 4.74 Å². The van der Waals surface area contributed by atoms with Gasteiger partial charge in [-0.15, -0.1) is 0 Å². The molecule has 2 amide bonds. The Balaban J connectivity index is 1.85. The monoisotopic (exact) mass is 399 g/mol. The number of carbonyl (C=O) groups is 2. The van der Waals surface area contributed by atoms with Crippen LogP contribution in [0, 0.1) is 0 Å². The molecule has 7 nitrogen and oxygen atoms in total. The maximum atomic E-state index is 12.5. The molecule has 0 saturated carbocycles. The summed E-state index contributed by atoms with van der Waals surface area (Å²) in [5.41, 5.74) is 2.82. The van der Waals surface area contributed by atoms with Gasteiger partial charge in [-0.25, -0.2) is 0 Å². The minimum absolute atomic E-state index is 0.0441. The summed E-state index contributed by atoms with van der Waals surface area (Å²) in [5, 5.41) is 11.2. The van der Waals surface area contributed by atoms with Gasteiger partial charge in [-0.05, 0) is 30.5 Å². The van der Waals surface area contributed by atoms with Crippen molar-refractivity contribution in [2.45, 2.75) is 44.6 Å². The van der Waals surface area contributed by atoms with Gasteiger partial charge < -0.3 is 24.6 Å². The lowest BCUT2D eigenvalue weighted by atomic mass is 9.68. The van der Waals surface area contributed by atoms with E-state index in [1.54, 1.807) is 18.9 Å². The van der Waals surface area contributed by atoms with E-state index in [1.165, 1.54) is 5.56 Å². The Morgan fingerprint density at radius 3 is 2.62 bits per heavy atom. The van der Waals surface area contributed by atoms with Gasteiger partial charge in [0.15, 0.2) is 0 Å². The normalized spacial score (nSPS) is 20.8. The van der Waals surface area contributed by atoms with Crippen molar-refractivity contribution in [2.75, 3.05) is 33.4 Å². The van der Waals surface area contributed by atoms with Crippen molar-refractivity contribution < 1.29 is 19.4 Å². The number of methoxy groups -OCH3 is 1. The molecule has 156 valence electrons. The number of aliphatic hydroxyl groups excluding tert-OH is 1. The fourth-order valence-electron chi connectivity index (χ4n) is 5.15. The Hall–Kier alpha value is -2.54. The zero-order chi connectivity index (χ0) is 20.8. The molecule has 1 aromatic carbocycles. The Bertz CT molecular complexity index is 943. The minimum atomic E-state index is -0.387. The zero-order valence-electron chi connectivity index (χ0n) is 17.3. The molecular formula is C22H29N3O4. The molecule has 0 aliphatic carbocycles. The summed E-state index contributed by atoms with van der Waals surface area (Å²) in [6.07, 6.45) is 2.11. The van der Waals surface area contributed by atoms with Crippen LogP contribution in [0.4, 0.5) is 0 Å². The van der Waals surface area contributed by atoms with Gasteiger partial charge in [-0.2, -0.15) is 0 Å². The second kappa shape index (κ2) is 7.37. The molecule has 29 heavy (non-hydrogen) atoms. The predicted molar refractivity (Wildman–Crippen MR) is 110 cm³/mol. The van der Waals surface area contributed by atoms with Gasteiger partial charge in [0.05, 0.1) is 19.8 Å². The van der Waals surface area contributed by atoms with E-state index in [9.17, 15) is 14.7 Å². The molecule has 0 radical (unpaired) electrons. The molecule has 4 rings (SSSR count). The SMILES string of the molecule is CCC(=O)N1CCC2(CC1)CN(C(C)=O)[C@H](CO)c1[nH]c3cc(OC)ccc3c12. The number of nitrogens with one attached hydrogen (secondary N) is 1. The molecule has 0 bridgehead atoms. The number of piperidine rings is 1. The van der Waals surface area contributed by atoms with Gasteiger partial charge in [0.2, 0.25) is 11.8 Å². The number of hydrogen-bond donors (Lipinski definition) is 2. The molecule has 2 aliphatic heterocycles. The lowest BCUT2D eigenvalue weighted by Gasteiger charge is -2.50. The van der Waals surface area contributed by atoms with Gasteiger partial charge in [0, 0.05) is 61.1 Å². The number of likely N-dealkylation sites (tertiary alicyclic amines) is 1. The van der Waals surface area contributed by atoms with Crippen molar-refractivity contribution >= 4 is 22.7 Å². The maximum Gasteiger partial charge on any atom is 0.222 e. The number of aromatic nitrogens is 1. The molecule has 0 unspecified atom stereocenters. The van der Waals surface area contributed by atoms with Crippen LogP contribution < -0.4 is 4.74 Å². The number of nitrogens with zero attached hydrogens (tertiary/aromatic N) is 2. The highest BCUT2D eigenvalue weighted by Gasteiger charge is 2.48. The summed E-state index contributed by atoms with van der Waals surface area (Å²) in [4.78, 5) is 31.8. The maximum absolute atomic E-state index is 12.5. The largest absolute Gasteiger partial charge is 0.497 e. The lowest BCUT2D eigenvalue weighted by molar-refractivity contribution is -0.137. The van der Waals surface area contributed by atoms with E-state index in [2.05, 4.69) is 11.1 Å². The molecule has 7 heteroatoms. The number of benzene rings is 1. The van der Waals surface area contributed by atoms with E-state index in [1.807, 2.05) is 24.0 Å². The second-order valence-corrected chi connectivity index (χ2v) is 8.19.